The highest BCUT2D eigenvalue weighted by Gasteiger charge is 2.12. The number of hydrogen-bond donors (Lipinski definition) is 1. The number of anilines is 2. The fourth-order valence-electron chi connectivity index (χ4n) is 1.44. The molecule has 0 fully saturated rings. The van der Waals surface area contributed by atoms with Gasteiger partial charge in [-0.1, -0.05) is 13.8 Å². The zero-order chi connectivity index (χ0) is 11.4. The van der Waals surface area contributed by atoms with Crippen LogP contribution in [0.2, 0.25) is 0 Å². The van der Waals surface area contributed by atoms with E-state index in [0.717, 1.165) is 22.7 Å². The SMILES string of the molecule is CNc1ncnc(N(C)CC(C)C)c1Br. The van der Waals surface area contributed by atoms with Crippen molar-refractivity contribution in [1.29, 1.82) is 0 Å². The zero-order valence-corrected chi connectivity index (χ0v) is 11.2. The second-order valence-electron chi connectivity index (χ2n) is 3.88. The smallest absolute Gasteiger partial charge is 0.148 e. The quantitative estimate of drug-likeness (QED) is 0.914. The van der Waals surface area contributed by atoms with Crippen LogP contribution in [-0.4, -0.2) is 30.6 Å². The van der Waals surface area contributed by atoms with Gasteiger partial charge in [-0.15, -0.1) is 0 Å². The van der Waals surface area contributed by atoms with E-state index >= 15 is 0 Å². The Kier molecular flexibility index (Phi) is 4.32. The Bertz CT molecular complexity index is 327. The second-order valence-corrected chi connectivity index (χ2v) is 4.68. The van der Waals surface area contributed by atoms with E-state index in [1.165, 1.54) is 0 Å². The van der Waals surface area contributed by atoms with Gasteiger partial charge in [0.1, 0.15) is 22.4 Å². The van der Waals surface area contributed by atoms with Gasteiger partial charge in [-0.2, -0.15) is 0 Å². The highest BCUT2D eigenvalue weighted by molar-refractivity contribution is 9.10. The maximum Gasteiger partial charge on any atom is 0.148 e. The van der Waals surface area contributed by atoms with Crippen molar-refractivity contribution in [2.75, 3.05) is 30.9 Å². The van der Waals surface area contributed by atoms with E-state index in [4.69, 9.17) is 0 Å². The predicted octanol–water partition coefficient (Wildman–Crippen LogP) is 2.37. The van der Waals surface area contributed by atoms with Crippen molar-refractivity contribution in [3.8, 4) is 0 Å². The zero-order valence-electron chi connectivity index (χ0n) is 9.58. The number of nitrogens with zero attached hydrogens (tertiary/aromatic N) is 3. The maximum absolute atomic E-state index is 4.27. The van der Waals surface area contributed by atoms with Gasteiger partial charge >= 0.3 is 0 Å². The highest BCUT2D eigenvalue weighted by Crippen LogP contribution is 2.28. The summed E-state index contributed by atoms with van der Waals surface area (Å²) in [4.78, 5) is 10.5. The standard InChI is InChI=1S/C10H17BrN4/c1-7(2)5-15(4)10-8(11)9(12-3)13-6-14-10/h6-7H,5H2,1-4H3,(H,12,13,14). The van der Waals surface area contributed by atoms with Crippen LogP contribution in [0.1, 0.15) is 13.8 Å². The third-order valence-corrected chi connectivity index (χ3v) is 2.74. The minimum atomic E-state index is 0.606. The molecule has 0 saturated heterocycles. The third kappa shape index (κ3) is 3.06. The van der Waals surface area contributed by atoms with Crippen LogP contribution in [0, 0.1) is 5.92 Å². The molecule has 0 saturated carbocycles. The number of aromatic nitrogens is 2. The van der Waals surface area contributed by atoms with E-state index in [1.54, 1.807) is 6.33 Å². The molecular weight excluding hydrogens is 256 g/mol. The van der Waals surface area contributed by atoms with Crippen molar-refractivity contribution in [3.05, 3.63) is 10.8 Å². The first kappa shape index (κ1) is 12.2. The van der Waals surface area contributed by atoms with E-state index in [1.807, 2.05) is 14.1 Å². The molecule has 15 heavy (non-hydrogen) atoms. The average molecular weight is 273 g/mol. The molecule has 0 aliphatic heterocycles. The van der Waals surface area contributed by atoms with E-state index in [-0.39, 0.29) is 0 Å². The van der Waals surface area contributed by atoms with Crippen LogP contribution in [0.15, 0.2) is 10.8 Å². The summed E-state index contributed by atoms with van der Waals surface area (Å²) in [6, 6.07) is 0. The van der Waals surface area contributed by atoms with Gasteiger partial charge in [-0.05, 0) is 21.8 Å². The van der Waals surface area contributed by atoms with E-state index in [0.29, 0.717) is 5.92 Å². The van der Waals surface area contributed by atoms with Crippen LogP contribution in [0.25, 0.3) is 0 Å². The van der Waals surface area contributed by atoms with Gasteiger partial charge in [0.05, 0.1) is 0 Å². The molecule has 1 N–H and O–H groups in total. The highest BCUT2D eigenvalue weighted by atomic mass is 79.9. The van der Waals surface area contributed by atoms with Crippen LogP contribution in [-0.2, 0) is 0 Å². The van der Waals surface area contributed by atoms with Crippen molar-refractivity contribution in [2.45, 2.75) is 13.8 Å². The largest absolute Gasteiger partial charge is 0.372 e. The fraction of sp³-hybridized carbons (Fsp3) is 0.600. The van der Waals surface area contributed by atoms with Crippen molar-refractivity contribution in [1.82, 2.24) is 9.97 Å². The Balaban J connectivity index is 2.93. The molecule has 0 aromatic carbocycles. The van der Waals surface area contributed by atoms with E-state index in [2.05, 4.69) is 50.0 Å². The Hall–Kier alpha value is -0.840. The lowest BCUT2D eigenvalue weighted by atomic mass is 10.2. The van der Waals surface area contributed by atoms with Crippen LogP contribution in [0.5, 0.6) is 0 Å². The van der Waals surface area contributed by atoms with Gasteiger partial charge < -0.3 is 10.2 Å². The Morgan fingerprint density at radius 1 is 1.47 bits per heavy atom. The minimum absolute atomic E-state index is 0.606. The van der Waals surface area contributed by atoms with Crippen molar-refractivity contribution < 1.29 is 0 Å². The minimum Gasteiger partial charge on any atom is -0.372 e. The lowest BCUT2D eigenvalue weighted by Gasteiger charge is -2.21. The maximum atomic E-state index is 4.27. The summed E-state index contributed by atoms with van der Waals surface area (Å²) in [5.74, 6) is 2.34. The summed E-state index contributed by atoms with van der Waals surface area (Å²) < 4.78 is 0.913. The van der Waals surface area contributed by atoms with Crippen molar-refractivity contribution in [2.24, 2.45) is 5.92 Å². The number of nitrogens with one attached hydrogen (secondary N) is 1. The van der Waals surface area contributed by atoms with Gasteiger partial charge in [-0.3, -0.25) is 0 Å². The van der Waals surface area contributed by atoms with Gasteiger partial charge in [0.2, 0.25) is 0 Å². The van der Waals surface area contributed by atoms with Crippen molar-refractivity contribution in [3.63, 3.8) is 0 Å². The molecule has 1 rings (SSSR count). The normalized spacial score (nSPS) is 10.5. The van der Waals surface area contributed by atoms with Gasteiger partial charge in [-0.25, -0.2) is 9.97 Å². The topological polar surface area (TPSA) is 41.1 Å². The summed E-state index contributed by atoms with van der Waals surface area (Å²) >= 11 is 3.50. The molecule has 1 aromatic heterocycles. The molecule has 84 valence electrons. The summed E-state index contributed by atoms with van der Waals surface area (Å²) in [6.07, 6.45) is 1.57. The molecule has 0 bridgehead atoms. The first-order valence-electron chi connectivity index (χ1n) is 4.95. The molecule has 1 heterocycles. The molecule has 0 atom stereocenters. The van der Waals surface area contributed by atoms with E-state index in [9.17, 15) is 0 Å². The first-order valence-corrected chi connectivity index (χ1v) is 5.75. The average Bonchev–Trinajstić information content (AvgIpc) is 2.17. The molecule has 0 radical (unpaired) electrons. The fourth-order valence-corrected chi connectivity index (χ4v) is 2.14. The summed E-state index contributed by atoms with van der Waals surface area (Å²) in [5.41, 5.74) is 0. The van der Waals surface area contributed by atoms with Gasteiger partial charge in [0.15, 0.2) is 0 Å². The Morgan fingerprint density at radius 3 is 2.67 bits per heavy atom. The molecule has 1 aromatic rings. The lowest BCUT2D eigenvalue weighted by molar-refractivity contribution is 0.633. The van der Waals surface area contributed by atoms with Crippen LogP contribution in [0.4, 0.5) is 11.6 Å². The molecule has 0 aliphatic rings. The molecule has 5 heteroatoms. The van der Waals surface area contributed by atoms with Crippen LogP contribution < -0.4 is 10.2 Å². The molecule has 0 amide bonds. The van der Waals surface area contributed by atoms with E-state index < -0.39 is 0 Å². The molecular formula is C10H17BrN4. The van der Waals surface area contributed by atoms with Crippen LogP contribution in [0.3, 0.4) is 0 Å². The first-order chi connectivity index (χ1) is 7.06. The summed E-state index contributed by atoms with van der Waals surface area (Å²) in [5, 5.41) is 3.02. The summed E-state index contributed by atoms with van der Waals surface area (Å²) in [6.45, 7) is 5.34. The monoisotopic (exact) mass is 272 g/mol. The van der Waals surface area contributed by atoms with Crippen molar-refractivity contribution >= 4 is 27.6 Å². The van der Waals surface area contributed by atoms with Gasteiger partial charge in [0, 0.05) is 20.6 Å². The Morgan fingerprint density at radius 2 is 2.13 bits per heavy atom. The lowest BCUT2D eigenvalue weighted by Crippen LogP contribution is -2.24. The van der Waals surface area contributed by atoms with Crippen LogP contribution >= 0.6 is 15.9 Å². The molecule has 4 nitrogen and oxygen atoms in total. The van der Waals surface area contributed by atoms with Gasteiger partial charge in [0.25, 0.3) is 0 Å². The predicted molar refractivity (Wildman–Crippen MR) is 67.4 cm³/mol. The molecule has 0 aliphatic carbocycles. The Labute approximate surface area is 99.2 Å². The third-order valence-electron chi connectivity index (χ3n) is 2.01. The molecule has 0 spiro atoms. The number of hydrogen-bond acceptors (Lipinski definition) is 4. The second kappa shape index (κ2) is 5.30. The summed E-state index contributed by atoms with van der Waals surface area (Å²) in [7, 11) is 3.88. The number of halogens is 1. The number of rotatable bonds is 4. The molecule has 0 unspecified atom stereocenters.